The van der Waals surface area contributed by atoms with E-state index in [1.165, 1.54) is 19.4 Å². The molecule has 59 heavy (non-hydrogen) atoms. The van der Waals surface area contributed by atoms with Crippen LogP contribution < -0.4 is 5.32 Å². The van der Waals surface area contributed by atoms with Crippen LogP contribution >= 0.6 is 12.2 Å². The van der Waals surface area contributed by atoms with Gasteiger partial charge < -0.3 is 54.9 Å². The molecule has 14 nitrogen and oxygen atoms in total. The molecule has 0 radical (unpaired) electrons. The van der Waals surface area contributed by atoms with Gasteiger partial charge >= 0.3 is 5.97 Å². The monoisotopic (exact) mass is 850 g/mol. The Bertz CT molecular complexity index is 1480. The molecule has 6 N–H and O–H groups in total. The quantitative estimate of drug-likeness (QED) is 0.125. The van der Waals surface area contributed by atoms with Gasteiger partial charge in [0.25, 0.3) is 0 Å². The van der Waals surface area contributed by atoms with Crippen molar-refractivity contribution in [3.05, 3.63) is 35.9 Å². The maximum Gasteiger partial charge on any atom is 0.311 e. The summed E-state index contributed by atoms with van der Waals surface area (Å²) < 4.78 is 18.6. The number of rotatable bonds is 13. The number of thiocarbonyl (C=S) groups is 1. The average Bonchev–Trinajstić information content (AvgIpc) is 3.18. The maximum atomic E-state index is 13.7. The summed E-state index contributed by atoms with van der Waals surface area (Å²) in [6.45, 7) is 16.3. The zero-order valence-electron chi connectivity index (χ0n) is 37.2. The minimum atomic E-state index is -1.86. The van der Waals surface area contributed by atoms with Crippen LogP contribution in [0.2, 0.25) is 0 Å². The molecule has 336 valence electrons. The van der Waals surface area contributed by atoms with Crippen LogP contribution in [0.25, 0.3) is 0 Å². The lowest BCUT2D eigenvalue weighted by molar-refractivity contribution is -0.299. The number of carbonyl (C=O) groups excluding carboxylic acids is 1. The molecule has 1 aromatic carbocycles. The molecule has 0 spiro atoms. The van der Waals surface area contributed by atoms with Gasteiger partial charge in [0.05, 0.1) is 42.3 Å². The molecule has 2 saturated heterocycles. The number of aliphatic hydroxyl groups excluding tert-OH is 3. The van der Waals surface area contributed by atoms with Crippen molar-refractivity contribution in [2.75, 3.05) is 46.8 Å². The molecule has 1 aromatic rings. The molecule has 0 bridgehead atoms. The molecule has 0 unspecified atom stereocenters. The first-order valence-corrected chi connectivity index (χ1v) is 21.9. The van der Waals surface area contributed by atoms with Crippen LogP contribution in [-0.2, 0) is 25.4 Å². The van der Waals surface area contributed by atoms with E-state index in [2.05, 4.69) is 28.4 Å². The van der Waals surface area contributed by atoms with Crippen LogP contribution in [0.1, 0.15) is 93.1 Å². The maximum absolute atomic E-state index is 13.7. The largest absolute Gasteiger partial charge is 0.459 e. The van der Waals surface area contributed by atoms with Crippen molar-refractivity contribution < 1.29 is 44.5 Å². The summed E-state index contributed by atoms with van der Waals surface area (Å²) in [6, 6.07) is 11.4. The summed E-state index contributed by atoms with van der Waals surface area (Å²) in [5, 5.41) is 72.7. The molecule has 0 aromatic heterocycles. The predicted molar refractivity (Wildman–Crippen MR) is 231 cm³/mol. The molecule has 2 aliphatic heterocycles. The topological polar surface area (TPSA) is 191 Å². The van der Waals surface area contributed by atoms with E-state index in [9.17, 15) is 35.6 Å². The normalized spacial score (nSPS) is 36.8. The lowest BCUT2D eigenvalue weighted by atomic mass is 9.78. The Morgan fingerprint density at radius 1 is 1.07 bits per heavy atom. The van der Waals surface area contributed by atoms with E-state index < -0.39 is 71.9 Å². The third-order valence-corrected chi connectivity index (χ3v) is 12.9. The van der Waals surface area contributed by atoms with Gasteiger partial charge in [0.1, 0.15) is 23.9 Å². The summed E-state index contributed by atoms with van der Waals surface area (Å²) in [6.07, 6.45) is -4.73. The second-order valence-corrected chi connectivity index (χ2v) is 18.3. The first kappa shape index (κ1) is 50.9. The molecule has 2 heterocycles. The van der Waals surface area contributed by atoms with E-state index in [-0.39, 0.29) is 37.3 Å². The minimum absolute atomic E-state index is 0.181. The summed E-state index contributed by atoms with van der Waals surface area (Å²) >= 11 is 5.78. The number of hydrogen-bond acceptors (Lipinski definition) is 13. The number of nitriles is 1. The standard InChI is InChI=1S/C44H75N5O9S/c1-11-35-44(8,55)38(52)32(6)49(24-16-23-48(22-15-20-45)42(59)46-21-19-33-17-13-12-14-18-33)27-28(2)26-43(7,54)39(30(4)36(50)31(5)40(53)57-35)58-41-37(51)34(47(9)10)25-29(3)56-41/h12-14,17-18,28-32,34-39,41,50-52,54-55H,11,15-16,19,21-27H2,1-10H3,(H,46,59)/t28-,29-,30+,31-,32-,34+,35-,36+,37-,38-,39-,41+,43-,44-/m1/s1. The lowest BCUT2D eigenvalue weighted by Gasteiger charge is -2.46. The van der Waals surface area contributed by atoms with Crippen LogP contribution in [0.5, 0.6) is 0 Å². The average molecular weight is 850 g/mol. The van der Waals surface area contributed by atoms with Gasteiger partial charge in [-0.25, -0.2) is 0 Å². The Morgan fingerprint density at radius 3 is 2.34 bits per heavy atom. The number of nitrogens with zero attached hydrogens (tertiary/aromatic N) is 4. The van der Waals surface area contributed by atoms with Crippen molar-refractivity contribution in [1.82, 2.24) is 20.0 Å². The van der Waals surface area contributed by atoms with Gasteiger partial charge in [-0.1, -0.05) is 51.1 Å². The van der Waals surface area contributed by atoms with Gasteiger partial charge in [0, 0.05) is 50.7 Å². The van der Waals surface area contributed by atoms with Crippen LogP contribution in [-0.4, -0.2) is 164 Å². The third kappa shape index (κ3) is 14.0. The van der Waals surface area contributed by atoms with E-state index in [1.54, 1.807) is 20.8 Å². The van der Waals surface area contributed by atoms with E-state index in [4.69, 9.17) is 26.4 Å². The van der Waals surface area contributed by atoms with Crippen molar-refractivity contribution in [3.63, 3.8) is 0 Å². The smallest absolute Gasteiger partial charge is 0.311 e. The van der Waals surface area contributed by atoms with Gasteiger partial charge in [-0.3, -0.25) is 9.69 Å². The number of aliphatic hydroxyl groups is 5. The Labute approximate surface area is 358 Å². The fourth-order valence-corrected chi connectivity index (χ4v) is 9.22. The van der Waals surface area contributed by atoms with E-state index >= 15 is 0 Å². The number of ether oxygens (including phenoxy) is 3. The van der Waals surface area contributed by atoms with Crippen LogP contribution in [0.15, 0.2) is 30.3 Å². The highest BCUT2D eigenvalue weighted by Gasteiger charge is 2.50. The molecule has 14 atom stereocenters. The second kappa shape index (κ2) is 23.1. The highest BCUT2D eigenvalue weighted by molar-refractivity contribution is 7.80. The Hall–Kier alpha value is -2.49. The molecular formula is C44H75N5O9S. The van der Waals surface area contributed by atoms with Crippen LogP contribution in [0, 0.1) is 29.1 Å². The van der Waals surface area contributed by atoms with E-state index in [1.807, 2.05) is 62.9 Å². The summed E-state index contributed by atoms with van der Waals surface area (Å²) in [5.41, 5.74) is -2.28. The minimum Gasteiger partial charge on any atom is -0.459 e. The number of nitrogens with one attached hydrogen (secondary N) is 1. The van der Waals surface area contributed by atoms with Crippen LogP contribution in [0.3, 0.4) is 0 Å². The fraction of sp³-hybridized carbons (Fsp3) is 0.795. The van der Waals surface area contributed by atoms with E-state index in [0.29, 0.717) is 50.7 Å². The highest BCUT2D eigenvalue weighted by atomic mass is 32.1. The van der Waals surface area contributed by atoms with Crippen molar-refractivity contribution >= 4 is 23.3 Å². The van der Waals surface area contributed by atoms with Crippen molar-refractivity contribution in [2.24, 2.45) is 17.8 Å². The number of carbonyl (C=O) groups is 1. The molecule has 0 saturated carbocycles. The molecule has 3 rings (SSSR count). The molecule has 2 fully saturated rings. The molecule has 0 amide bonds. The zero-order chi connectivity index (χ0) is 44.2. The molecule has 15 heteroatoms. The van der Waals surface area contributed by atoms with Gasteiger partial charge in [-0.05, 0) is 105 Å². The van der Waals surface area contributed by atoms with Gasteiger partial charge in [-0.15, -0.1) is 0 Å². The van der Waals surface area contributed by atoms with Crippen molar-refractivity contribution in [3.8, 4) is 6.07 Å². The number of benzene rings is 1. The van der Waals surface area contributed by atoms with Crippen LogP contribution in [0.4, 0.5) is 0 Å². The summed E-state index contributed by atoms with van der Waals surface area (Å²) in [7, 11) is 3.74. The predicted octanol–water partition coefficient (Wildman–Crippen LogP) is 3.07. The zero-order valence-corrected chi connectivity index (χ0v) is 38.0. The number of likely N-dealkylation sites (N-methyl/N-ethyl adjacent to an activating group) is 1. The number of cyclic esters (lactones) is 1. The van der Waals surface area contributed by atoms with Gasteiger partial charge in [-0.2, -0.15) is 5.26 Å². The number of esters is 1. The first-order valence-electron chi connectivity index (χ1n) is 21.5. The molecule has 0 aliphatic carbocycles. The Kier molecular flexibility index (Phi) is 19.9. The first-order chi connectivity index (χ1) is 27.7. The third-order valence-electron chi connectivity index (χ3n) is 12.5. The number of hydrogen-bond donors (Lipinski definition) is 6. The molecular weight excluding hydrogens is 775 g/mol. The van der Waals surface area contributed by atoms with Crippen molar-refractivity contribution in [2.45, 2.75) is 160 Å². The van der Waals surface area contributed by atoms with Gasteiger partial charge in [0.2, 0.25) is 0 Å². The lowest BCUT2D eigenvalue weighted by Crippen LogP contribution is -2.59. The Morgan fingerprint density at radius 2 is 1.73 bits per heavy atom. The SMILES string of the molecule is CC[C@H]1OC(=O)[C@H](C)[C@@H](O)[C@H](C)[C@@H](O[C@@H]2O[C@H](C)C[C@H](N(C)C)[C@H]2O)[C@](C)(O)C[C@@H](C)CN(CCCN(CCC#N)C(=S)NCCc2ccccc2)[C@H](C)[C@@H](O)[C@]1(C)O. The summed E-state index contributed by atoms with van der Waals surface area (Å²) in [4.78, 5) is 19.7. The van der Waals surface area contributed by atoms with E-state index in [0.717, 1.165) is 6.42 Å². The highest BCUT2D eigenvalue weighted by Crippen LogP contribution is 2.37. The molecule has 2 aliphatic rings. The van der Waals surface area contributed by atoms with Crippen molar-refractivity contribution in [1.29, 1.82) is 5.26 Å². The fourth-order valence-electron chi connectivity index (χ4n) is 8.93. The Balaban J connectivity index is 1.94. The summed E-state index contributed by atoms with van der Waals surface area (Å²) in [5.74, 6) is -2.93. The second-order valence-electron chi connectivity index (χ2n) is 17.9. The van der Waals surface area contributed by atoms with Gasteiger partial charge in [0.15, 0.2) is 11.4 Å².